The van der Waals surface area contributed by atoms with Crippen molar-refractivity contribution in [2.75, 3.05) is 13.7 Å². The predicted molar refractivity (Wildman–Crippen MR) is 117 cm³/mol. The number of rotatable bonds is 7. The summed E-state index contributed by atoms with van der Waals surface area (Å²) in [6.07, 6.45) is 14.6. The van der Waals surface area contributed by atoms with Crippen LogP contribution in [0.15, 0.2) is 11.6 Å². The van der Waals surface area contributed by atoms with E-state index in [0.29, 0.717) is 29.3 Å². The van der Waals surface area contributed by atoms with E-state index in [9.17, 15) is 9.59 Å². The van der Waals surface area contributed by atoms with Gasteiger partial charge in [-0.2, -0.15) is 0 Å². The Morgan fingerprint density at radius 3 is 2.80 bits per heavy atom. The SMILES string of the molecule is COC(=O)CC(C=O)C1CC=C(CCC2(C)C(C)CCC34CC3(C)CCCC24)CO1. The lowest BCUT2D eigenvalue weighted by Crippen LogP contribution is -2.47. The van der Waals surface area contributed by atoms with Gasteiger partial charge in [-0.3, -0.25) is 4.79 Å². The first-order valence-corrected chi connectivity index (χ1v) is 12.1. The molecule has 0 N–H and O–H groups in total. The molecule has 0 radical (unpaired) electrons. The van der Waals surface area contributed by atoms with Crippen molar-refractivity contribution in [2.24, 2.45) is 34.0 Å². The molecular formula is C26H40O4. The summed E-state index contributed by atoms with van der Waals surface area (Å²) in [5, 5.41) is 0. The molecule has 7 unspecified atom stereocenters. The molecule has 3 fully saturated rings. The summed E-state index contributed by atoms with van der Waals surface area (Å²) < 4.78 is 10.7. The Hall–Kier alpha value is -1.16. The minimum absolute atomic E-state index is 0.103. The summed E-state index contributed by atoms with van der Waals surface area (Å²) in [6.45, 7) is 8.22. The van der Waals surface area contributed by atoms with Crippen LogP contribution in [-0.4, -0.2) is 32.1 Å². The highest BCUT2D eigenvalue weighted by atomic mass is 16.5. The number of ether oxygens (including phenoxy) is 2. The molecule has 0 saturated heterocycles. The van der Waals surface area contributed by atoms with Crippen LogP contribution in [0.1, 0.15) is 85.0 Å². The Kier molecular flexibility index (Phi) is 5.93. The molecule has 3 aliphatic carbocycles. The van der Waals surface area contributed by atoms with E-state index in [1.807, 2.05) is 0 Å². The summed E-state index contributed by atoms with van der Waals surface area (Å²) in [4.78, 5) is 23.0. The molecule has 4 rings (SSSR count). The summed E-state index contributed by atoms with van der Waals surface area (Å²) in [5.41, 5.74) is 3.06. The van der Waals surface area contributed by atoms with Crippen LogP contribution in [0.3, 0.4) is 0 Å². The molecule has 168 valence electrons. The van der Waals surface area contributed by atoms with E-state index in [1.54, 1.807) is 0 Å². The fraction of sp³-hybridized carbons (Fsp3) is 0.846. The first kappa shape index (κ1) is 22.0. The van der Waals surface area contributed by atoms with E-state index >= 15 is 0 Å². The van der Waals surface area contributed by atoms with Crippen molar-refractivity contribution in [3.05, 3.63) is 11.6 Å². The summed E-state index contributed by atoms with van der Waals surface area (Å²) in [6, 6.07) is 0. The van der Waals surface area contributed by atoms with E-state index in [-0.39, 0.29) is 18.5 Å². The number of carbonyl (C=O) groups is 2. The van der Waals surface area contributed by atoms with Crippen LogP contribution >= 0.6 is 0 Å². The topological polar surface area (TPSA) is 52.6 Å². The Bertz CT molecular complexity index is 714. The highest BCUT2D eigenvalue weighted by Gasteiger charge is 2.72. The number of carbonyl (C=O) groups excluding carboxylic acids is 2. The number of aldehydes is 1. The van der Waals surface area contributed by atoms with Crippen molar-refractivity contribution in [3.8, 4) is 0 Å². The van der Waals surface area contributed by atoms with Crippen LogP contribution in [0, 0.1) is 34.0 Å². The molecule has 1 heterocycles. The maximum atomic E-state index is 11.5. The highest BCUT2D eigenvalue weighted by Crippen LogP contribution is 2.80. The smallest absolute Gasteiger partial charge is 0.306 e. The summed E-state index contributed by atoms with van der Waals surface area (Å²) >= 11 is 0. The normalized spacial score (nSPS) is 43.6. The quantitative estimate of drug-likeness (QED) is 0.313. The van der Waals surface area contributed by atoms with E-state index in [1.165, 1.54) is 57.6 Å². The highest BCUT2D eigenvalue weighted by molar-refractivity contribution is 5.74. The van der Waals surface area contributed by atoms with Gasteiger partial charge in [0.2, 0.25) is 0 Å². The number of methoxy groups -OCH3 is 1. The minimum atomic E-state index is -0.416. The van der Waals surface area contributed by atoms with Crippen LogP contribution in [0.5, 0.6) is 0 Å². The fourth-order valence-corrected chi connectivity index (χ4v) is 7.67. The van der Waals surface area contributed by atoms with Crippen molar-refractivity contribution < 1.29 is 19.1 Å². The average molecular weight is 417 g/mol. The second-order valence-corrected chi connectivity index (χ2v) is 11.3. The first-order valence-electron chi connectivity index (χ1n) is 12.1. The van der Waals surface area contributed by atoms with Gasteiger partial charge in [0, 0.05) is 0 Å². The maximum Gasteiger partial charge on any atom is 0.306 e. The molecule has 1 spiro atoms. The lowest BCUT2D eigenvalue weighted by Gasteiger charge is -2.55. The Balaban J connectivity index is 1.38. The molecule has 7 atom stereocenters. The largest absolute Gasteiger partial charge is 0.469 e. The first-order chi connectivity index (χ1) is 14.3. The Morgan fingerprint density at radius 2 is 2.13 bits per heavy atom. The Morgan fingerprint density at radius 1 is 1.33 bits per heavy atom. The van der Waals surface area contributed by atoms with Gasteiger partial charge in [-0.25, -0.2) is 0 Å². The monoisotopic (exact) mass is 416 g/mol. The molecule has 4 heteroatoms. The lowest BCUT2D eigenvalue weighted by atomic mass is 9.50. The van der Waals surface area contributed by atoms with Crippen molar-refractivity contribution >= 4 is 12.3 Å². The van der Waals surface area contributed by atoms with Gasteiger partial charge in [0.05, 0.1) is 32.2 Å². The van der Waals surface area contributed by atoms with Crippen LogP contribution < -0.4 is 0 Å². The Labute approximate surface area is 182 Å². The zero-order valence-corrected chi connectivity index (χ0v) is 19.4. The van der Waals surface area contributed by atoms with Gasteiger partial charge >= 0.3 is 5.97 Å². The van der Waals surface area contributed by atoms with Gasteiger partial charge < -0.3 is 14.3 Å². The third-order valence-electron chi connectivity index (χ3n) is 10.0. The second kappa shape index (κ2) is 8.07. The molecular weight excluding hydrogens is 376 g/mol. The molecule has 0 aromatic carbocycles. The molecule has 3 saturated carbocycles. The van der Waals surface area contributed by atoms with Crippen LogP contribution in [0.2, 0.25) is 0 Å². The number of esters is 1. The minimum Gasteiger partial charge on any atom is -0.469 e. The molecule has 0 aromatic rings. The van der Waals surface area contributed by atoms with Gasteiger partial charge in [0.15, 0.2) is 0 Å². The molecule has 1 aliphatic heterocycles. The molecule has 0 aromatic heterocycles. The van der Waals surface area contributed by atoms with Gasteiger partial charge in [0.25, 0.3) is 0 Å². The number of hydrogen-bond acceptors (Lipinski definition) is 4. The molecule has 30 heavy (non-hydrogen) atoms. The third-order valence-corrected chi connectivity index (χ3v) is 10.0. The van der Waals surface area contributed by atoms with Crippen molar-refractivity contribution in [2.45, 2.75) is 91.1 Å². The van der Waals surface area contributed by atoms with E-state index < -0.39 is 5.92 Å². The fourth-order valence-electron chi connectivity index (χ4n) is 7.67. The number of hydrogen-bond donors (Lipinski definition) is 0. The summed E-state index contributed by atoms with van der Waals surface area (Å²) in [5.74, 6) is 0.900. The van der Waals surface area contributed by atoms with Gasteiger partial charge in [0.1, 0.15) is 6.29 Å². The average Bonchev–Trinajstić information content (AvgIpc) is 3.39. The molecule has 4 aliphatic rings. The predicted octanol–water partition coefficient (Wildman–Crippen LogP) is 5.49. The van der Waals surface area contributed by atoms with Gasteiger partial charge in [-0.05, 0) is 85.0 Å². The van der Waals surface area contributed by atoms with Crippen LogP contribution in [-0.2, 0) is 19.1 Å². The van der Waals surface area contributed by atoms with Gasteiger partial charge in [-0.1, -0.05) is 33.3 Å². The van der Waals surface area contributed by atoms with E-state index in [0.717, 1.165) is 24.5 Å². The van der Waals surface area contributed by atoms with Crippen molar-refractivity contribution in [3.63, 3.8) is 0 Å². The van der Waals surface area contributed by atoms with E-state index in [2.05, 4.69) is 26.8 Å². The van der Waals surface area contributed by atoms with Gasteiger partial charge in [-0.15, -0.1) is 0 Å². The van der Waals surface area contributed by atoms with Crippen molar-refractivity contribution in [1.29, 1.82) is 0 Å². The second-order valence-electron chi connectivity index (χ2n) is 11.3. The standard InChI is InChI=1S/C26H40O4/c1-18-9-13-26-17-24(26,2)11-5-6-22(26)25(18,3)12-10-19-7-8-21(30-16-19)20(15-27)14-23(28)29-4/h7,15,18,20-22H,5-6,8-14,16-17H2,1-4H3. The molecule has 0 bridgehead atoms. The molecule has 4 nitrogen and oxygen atoms in total. The van der Waals surface area contributed by atoms with Crippen molar-refractivity contribution in [1.82, 2.24) is 0 Å². The van der Waals surface area contributed by atoms with Crippen LogP contribution in [0.4, 0.5) is 0 Å². The zero-order valence-electron chi connectivity index (χ0n) is 19.4. The molecule has 0 amide bonds. The third kappa shape index (κ3) is 3.57. The lowest BCUT2D eigenvalue weighted by molar-refractivity contribution is -0.144. The van der Waals surface area contributed by atoms with E-state index in [4.69, 9.17) is 9.47 Å². The zero-order chi connectivity index (χ0) is 21.6. The summed E-state index contributed by atoms with van der Waals surface area (Å²) in [7, 11) is 1.36. The maximum absolute atomic E-state index is 11.5. The van der Waals surface area contributed by atoms with Crippen LogP contribution in [0.25, 0.3) is 0 Å².